The van der Waals surface area contributed by atoms with Gasteiger partial charge in [-0.25, -0.2) is 9.48 Å². The number of nitrogens with zero attached hydrogens (tertiary/aromatic N) is 3. The molecule has 0 aliphatic heterocycles. The molecular weight excluding hydrogens is 286 g/mol. The molecule has 0 amide bonds. The maximum atomic E-state index is 11.7. The minimum absolute atomic E-state index is 0.303. The standard InChI is InChI=1S/C15H19N3O2S/c1-4-20-15(19)14-12(3)18(17-16-14)9-10-21-13-7-5-11(2)6-8-13/h5-8H,4,9-10H2,1-3H3. The molecule has 0 saturated heterocycles. The van der Waals surface area contributed by atoms with E-state index < -0.39 is 5.97 Å². The minimum Gasteiger partial charge on any atom is -0.461 e. The molecule has 2 rings (SSSR count). The van der Waals surface area contributed by atoms with Crippen LogP contribution in [0.3, 0.4) is 0 Å². The number of thioether (sulfide) groups is 1. The Morgan fingerprint density at radius 1 is 1.29 bits per heavy atom. The van der Waals surface area contributed by atoms with Crippen molar-refractivity contribution in [2.75, 3.05) is 12.4 Å². The van der Waals surface area contributed by atoms with E-state index in [1.54, 1.807) is 23.4 Å². The average Bonchev–Trinajstić information content (AvgIpc) is 2.83. The Balaban J connectivity index is 1.92. The van der Waals surface area contributed by atoms with E-state index in [0.29, 0.717) is 18.8 Å². The molecule has 0 unspecified atom stereocenters. The zero-order chi connectivity index (χ0) is 15.2. The molecule has 0 fully saturated rings. The van der Waals surface area contributed by atoms with E-state index in [1.807, 2.05) is 6.92 Å². The SMILES string of the molecule is CCOC(=O)c1nnn(CCSc2ccc(C)cc2)c1C. The van der Waals surface area contributed by atoms with Gasteiger partial charge in [0.2, 0.25) is 0 Å². The molecule has 0 saturated carbocycles. The lowest BCUT2D eigenvalue weighted by Crippen LogP contribution is -2.09. The zero-order valence-electron chi connectivity index (χ0n) is 12.5. The van der Waals surface area contributed by atoms with Crippen LogP contribution in [0, 0.1) is 13.8 Å². The monoisotopic (exact) mass is 305 g/mol. The van der Waals surface area contributed by atoms with Crippen molar-refractivity contribution in [1.82, 2.24) is 15.0 Å². The van der Waals surface area contributed by atoms with Crippen molar-refractivity contribution >= 4 is 17.7 Å². The maximum Gasteiger partial charge on any atom is 0.360 e. The molecule has 0 aliphatic rings. The van der Waals surface area contributed by atoms with Gasteiger partial charge < -0.3 is 4.74 Å². The number of carbonyl (C=O) groups is 1. The van der Waals surface area contributed by atoms with Crippen LogP contribution >= 0.6 is 11.8 Å². The van der Waals surface area contributed by atoms with Crippen LogP contribution in [-0.4, -0.2) is 33.3 Å². The molecule has 0 radical (unpaired) electrons. The molecule has 2 aromatic rings. The highest BCUT2D eigenvalue weighted by molar-refractivity contribution is 7.99. The molecule has 1 aromatic carbocycles. The molecule has 0 N–H and O–H groups in total. The fourth-order valence-electron chi connectivity index (χ4n) is 1.85. The summed E-state index contributed by atoms with van der Waals surface area (Å²) in [6.45, 7) is 6.73. The van der Waals surface area contributed by atoms with Gasteiger partial charge in [-0.2, -0.15) is 0 Å². The second-order valence-electron chi connectivity index (χ2n) is 4.63. The quantitative estimate of drug-likeness (QED) is 0.607. The summed E-state index contributed by atoms with van der Waals surface area (Å²) in [4.78, 5) is 12.9. The van der Waals surface area contributed by atoms with Crippen LogP contribution in [0.2, 0.25) is 0 Å². The third-order valence-corrected chi connectivity index (χ3v) is 4.04. The van der Waals surface area contributed by atoms with E-state index in [2.05, 4.69) is 41.5 Å². The number of esters is 1. The van der Waals surface area contributed by atoms with Crippen LogP contribution < -0.4 is 0 Å². The van der Waals surface area contributed by atoms with E-state index >= 15 is 0 Å². The molecule has 5 nitrogen and oxygen atoms in total. The smallest absolute Gasteiger partial charge is 0.360 e. The number of aromatic nitrogens is 3. The van der Waals surface area contributed by atoms with Crippen molar-refractivity contribution in [3.8, 4) is 0 Å². The maximum absolute atomic E-state index is 11.7. The molecule has 21 heavy (non-hydrogen) atoms. The predicted molar refractivity (Wildman–Crippen MR) is 82.6 cm³/mol. The number of ether oxygens (including phenoxy) is 1. The van der Waals surface area contributed by atoms with Gasteiger partial charge in [-0.05, 0) is 32.9 Å². The fourth-order valence-corrected chi connectivity index (χ4v) is 2.67. The van der Waals surface area contributed by atoms with Crippen molar-refractivity contribution in [3.63, 3.8) is 0 Å². The lowest BCUT2D eigenvalue weighted by molar-refractivity contribution is 0.0518. The molecular formula is C15H19N3O2S. The topological polar surface area (TPSA) is 57.0 Å². The number of rotatable bonds is 6. The van der Waals surface area contributed by atoms with Gasteiger partial charge in [0.1, 0.15) is 0 Å². The summed E-state index contributed by atoms with van der Waals surface area (Å²) in [5.41, 5.74) is 2.31. The van der Waals surface area contributed by atoms with Gasteiger partial charge in [0.15, 0.2) is 5.69 Å². The Morgan fingerprint density at radius 2 is 2.00 bits per heavy atom. The summed E-state index contributed by atoms with van der Waals surface area (Å²) >= 11 is 1.76. The van der Waals surface area contributed by atoms with Gasteiger partial charge in [-0.1, -0.05) is 22.9 Å². The third-order valence-electron chi connectivity index (χ3n) is 3.04. The first kappa shape index (κ1) is 15.6. The molecule has 112 valence electrons. The van der Waals surface area contributed by atoms with E-state index in [9.17, 15) is 4.79 Å². The van der Waals surface area contributed by atoms with Gasteiger partial charge in [0.25, 0.3) is 0 Å². The van der Waals surface area contributed by atoms with E-state index in [0.717, 1.165) is 11.4 Å². The number of hydrogen-bond donors (Lipinski definition) is 0. The normalized spacial score (nSPS) is 10.6. The first-order valence-electron chi connectivity index (χ1n) is 6.88. The Kier molecular flexibility index (Phi) is 5.38. The summed E-state index contributed by atoms with van der Waals surface area (Å²) < 4.78 is 6.69. The highest BCUT2D eigenvalue weighted by Crippen LogP contribution is 2.18. The summed E-state index contributed by atoms with van der Waals surface area (Å²) in [7, 11) is 0. The van der Waals surface area contributed by atoms with Crippen LogP contribution in [0.1, 0.15) is 28.7 Å². The lowest BCUT2D eigenvalue weighted by atomic mass is 10.2. The van der Waals surface area contributed by atoms with Crippen molar-refractivity contribution < 1.29 is 9.53 Å². The molecule has 1 heterocycles. The highest BCUT2D eigenvalue weighted by atomic mass is 32.2. The predicted octanol–water partition coefficient (Wildman–Crippen LogP) is 2.86. The van der Waals surface area contributed by atoms with Crippen molar-refractivity contribution in [2.24, 2.45) is 0 Å². The second-order valence-corrected chi connectivity index (χ2v) is 5.80. The van der Waals surface area contributed by atoms with Gasteiger partial charge >= 0.3 is 5.97 Å². The Hall–Kier alpha value is -1.82. The molecule has 1 aromatic heterocycles. The van der Waals surface area contributed by atoms with Crippen LogP contribution in [-0.2, 0) is 11.3 Å². The summed E-state index contributed by atoms with van der Waals surface area (Å²) in [5.74, 6) is 0.461. The summed E-state index contributed by atoms with van der Waals surface area (Å²) in [5, 5.41) is 7.92. The average molecular weight is 305 g/mol. The number of aryl methyl sites for hydroxylation is 2. The summed E-state index contributed by atoms with van der Waals surface area (Å²) in [6.07, 6.45) is 0. The van der Waals surface area contributed by atoms with Crippen LogP contribution in [0.25, 0.3) is 0 Å². The summed E-state index contributed by atoms with van der Waals surface area (Å²) in [6, 6.07) is 8.42. The zero-order valence-corrected chi connectivity index (χ0v) is 13.3. The molecule has 0 spiro atoms. The number of carbonyl (C=O) groups excluding carboxylic acids is 1. The van der Waals surface area contributed by atoms with Gasteiger partial charge in [-0.15, -0.1) is 16.9 Å². The highest BCUT2D eigenvalue weighted by Gasteiger charge is 2.17. The van der Waals surface area contributed by atoms with Gasteiger partial charge in [0, 0.05) is 10.6 Å². The van der Waals surface area contributed by atoms with Crippen molar-refractivity contribution in [3.05, 3.63) is 41.2 Å². The van der Waals surface area contributed by atoms with Gasteiger partial charge in [0.05, 0.1) is 18.8 Å². The van der Waals surface area contributed by atoms with E-state index in [-0.39, 0.29) is 0 Å². The molecule has 0 aliphatic carbocycles. The number of benzene rings is 1. The first-order valence-corrected chi connectivity index (χ1v) is 7.87. The second kappa shape index (κ2) is 7.26. The molecule has 0 bridgehead atoms. The van der Waals surface area contributed by atoms with Crippen LogP contribution in [0.15, 0.2) is 29.2 Å². The Morgan fingerprint density at radius 3 is 2.67 bits per heavy atom. The Labute approximate surface area is 128 Å². The molecule has 6 heteroatoms. The largest absolute Gasteiger partial charge is 0.461 e. The lowest BCUT2D eigenvalue weighted by Gasteiger charge is -2.04. The number of hydrogen-bond acceptors (Lipinski definition) is 5. The first-order chi connectivity index (χ1) is 10.1. The van der Waals surface area contributed by atoms with Gasteiger partial charge in [-0.3, -0.25) is 0 Å². The molecule has 0 atom stereocenters. The third kappa shape index (κ3) is 4.07. The van der Waals surface area contributed by atoms with E-state index in [1.165, 1.54) is 10.5 Å². The minimum atomic E-state index is -0.410. The van der Waals surface area contributed by atoms with Crippen molar-refractivity contribution in [1.29, 1.82) is 0 Å². The fraction of sp³-hybridized carbons (Fsp3) is 0.400. The van der Waals surface area contributed by atoms with Crippen LogP contribution in [0.5, 0.6) is 0 Å². The van der Waals surface area contributed by atoms with E-state index in [4.69, 9.17) is 4.74 Å². The Bertz CT molecular complexity index is 608. The van der Waals surface area contributed by atoms with Crippen LogP contribution in [0.4, 0.5) is 0 Å². The van der Waals surface area contributed by atoms with Crippen molar-refractivity contribution in [2.45, 2.75) is 32.2 Å².